The number of benzene rings is 2. The summed E-state index contributed by atoms with van der Waals surface area (Å²) in [4.78, 5) is 26.4. The van der Waals surface area contributed by atoms with Crippen molar-refractivity contribution in [2.75, 3.05) is 18.0 Å². The van der Waals surface area contributed by atoms with Crippen molar-refractivity contribution in [2.24, 2.45) is 11.7 Å². The second-order valence-corrected chi connectivity index (χ2v) is 5.32. The van der Waals surface area contributed by atoms with E-state index in [4.69, 9.17) is 11.7 Å². The number of nitrogens with one attached hydrogen (secondary N) is 2. The van der Waals surface area contributed by atoms with E-state index in [9.17, 15) is 9.59 Å². The molecule has 0 heterocycles. The predicted molar refractivity (Wildman–Crippen MR) is 99.9 cm³/mol. The average Bonchev–Trinajstić information content (AvgIpc) is 2.65. The van der Waals surface area contributed by atoms with Gasteiger partial charge in [0, 0.05) is 18.8 Å². The Morgan fingerprint density at radius 2 is 1.60 bits per heavy atom. The maximum atomic E-state index is 12.3. The van der Waals surface area contributed by atoms with Crippen molar-refractivity contribution in [3.8, 4) is 0 Å². The summed E-state index contributed by atoms with van der Waals surface area (Å²) in [6.45, 7) is 8.73. The Morgan fingerprint density at radius 3 is 2.16 bits per heavy atom. The molecule has 6 N–H and O–H groups in total. The zero-order valence-electron chi connectivity index (χ0n) is 13.8. The third-order valence-electron chi connectivity index (χ3n) is 3.80. The van der Waals surface area contributed by atoms with Crippen LogP contribution in [0.3, 0.4) is 0 Å². The van der Waals surface area contributed by atoms with Crippen molar-refractivity contribution in [2.45, 2.75) is 0 Å². The molecule has 0 bridgehead atoms. The molecular formula is C18H21N5O2. The average molecular weight is 339 g/mol. The highest BCUT2D eigenvalue weighted by molar-refractivity contribution is 6.15. The largest absolute Gasteiger partial charge is 0.364 e. The number of nitrogens with two attached hydrogens (primary N) is 2. The van der Waals surface area contributed by atoms with Crippen LogP contribution in [0.1, 0.15) is 20.7 Å². The smallest absolute Gasteiger partial charge is 0.266 e. The fourth-order valence-corrected chi connectivity index (χ4v) is 2.69. The molecule has 0 atom stereocenters. The molecule has 0 saturated heterocycles. The van der Waals surface area contributed by atoms with Gasteiger partial charge in [-0.05, 0) is 29.0 Å². The monoisotopic (exact) mass is 339 g/mol. The number of carbonyl (C=O) groups is 2. The van der Waals surface area contributed by atoms with Gasteiger partial charge in [0.2, 0.25) is 0 Å². The van der Waals surface area contributed by atoms with Gasteiger partial charge in [-0.25, -0.2) is 11.7 Å². The first-order chi connectivity index (χ1) is 12.1. The molecule has 2 aromatic rings. The van der Waals surface area contributed by atoms with Crippen LogP contribution in [-0.4, -0.2) is 24.9 Å². The number of amides is 2. The molecular weight excluding hydrogens is 318 g/mol. The highest BCUT2D eigenvalue weighted by Crippen LogP contribution is 2.27. The summed E-state index contributed by atoms with van der Waals surface area (Å²) >= 11 is 0. The molecule has 2 aromatic carbocycles. The first-order valence-corrected chi connectivity index (χ1v) is 7.62. The third-order valence-corrected chi connectivity index (χ3v) is 3.80. The Labute approximate surface area is 145 Å². The fourth-order valence-electron chi connectivity index (χ4n) is 2.69. The Hall–Kier alpha value is -3.16. The molecule has 0 aliphatic rings. The third kappa shape index (κ3) is 3.68. The van der Waals surface area contributed by atoms with E-state index in [1.54, 1.807) is 24.3 Å². The molecule has 130 valence electrons. The predicted octanol–water partition coefficient (Wildman–Crippen LogP) is 1.23. The van der Waals surface area contributed by atoms with Gasteiger partial charge in [0.05, 0.1) is 11.1 Å². The number of hydrogen-bond acceptors (Lipinski definition) is 5. The van der Waals surface area contributed by atoms with Crippen LogP contribution >= 0.6 is 0 Å². The van der Waals surface area contributed by atoms with E-state index < -0.39 is 11.8 Å². The molecule has 0 unspecified atom stereocenters. The quantitative estimate of drug-likeness (QED) is 0.262. The Bertz CT molecular complexity index is 822. The number of fused-ring (bicyclic) bond motifs is 1. The van der Waals surface area contributed by atoms with Crippen LogP contribution in [0, 0.1) is 0 Å². The summed E-state index contributed by atoms with van der Waals surface area (Å²) in [5.74, 6) is 9.38. The lowest BCUT2D eigenvalue weighted by Crippen LogP contribution is -2.35. The minimum absolute atomic E-state index is 0.147. The van der Waals surface area contributed by atoms with Gasteiger partial charge >= 0.3 is 0 Å². The SMILES string of the molecule is C=CCN(CC=C)c1ccc2ccc(C(=O)NN)c(C(=O)NN)c2c1. The Morgan fingerprint density at radius 1 is 1.00 bits per heavy atom. The van der Waals surface area contributed by atoms with Gasteiger partial charge in [-0.1, -0.05) is 24.3 Å². The fraction of sp³-hybridized carbons (Fsp3) is 0.111. The van der Waals surface area contributed by atoms with Crippen molar-refractivity contribution in [1.82, 2.24) is 10.9 Å². The second kappa shape index (κ2) is 8.09. The van der Waals surface area contributed by atoms with Crippen molar-refractivity contribution in [3.05, 3.63) is 66.8 Å². The lowest BCUT2D eigenvalue weighted by molar-refractivity contribution is 0.0921. The molecule has 0 fully saturated rings. The molecule has 7 nitrogen and oxygen atoms in total. The van der Waals surface area contributed by atoms with Crippen LogP contribution in [0.5, 0.6) is 0 Å². The highest BCUT2D eigenvalue weighted by Gasteiger charge is 2.20. The number of carbonyl (C=O) groups excluding carboxylic acids is 2. The summed E-state index contributed by atoms with van der Waals surface area (Å²) < 4.78 is 0. The van der Waals surface area contributed by atoms with Crippen LogP contribution < -0.4 is 27.4 Å². The topological polar surface area (TPSA) is 113 Å². The molecule has 2 rings (SSSR count). The van der Waals surface area contributed by atoms with Gasteiger partial charge in [0.25, 0.3) is 11.8 Å². The summed E-state index contributed by atoms with van der Waals surface area (Å²) in [7, 11) is 0. The summed E-state index contributed by atoms with van der Waals surface area (Å²) in [6, 6.07) is 8.94. The van der Waals surface area contributed by atoms with Gasteiger partial charge in [-0.3, -0.25) is 20.4 Å². The van der Waals surface area contributed by atoms with E-state index in [1.807, 2.05) is 28.5 Å². The summed E-state index contributed by atoms with van der Waals surface area (Å²) in [5.41, 5.74) is 5.31. The molecule has 0 saturated carbocycles. The van der Waals surface area contributed by atoms with E-state index >= 15 is 0 Å². The van der Waals surface area contributed by atoms with Gasteiger partial charge in [0.1, 0.15) is 0 Å². The molecule has 0 radical (unpaired) electrons. The molecule has 2 amide bonds. The van der Waals surface area contributed by atoms with E-state index in [2.05, 4.69) is 18.6 Å². The Balaban J connectivity index is 2.72. The summed E-state index contributed by atoms with van der Waals surface area (Å²) in [6.07, 6.45) is 3.55. The minimum Gasteiger partial charge on any atom is -0.364 e. The lowest BCUT2D eigenvalue weighted by atomic mass is 9.97. The molecule has 0 aliphatic heterocycles. The Kier molecular flexibility index (Phi) is 5.89. The van der Waals surface area contributed by atoms with E-state index in [1.165, 1.54) is 0 Å². The van der Waals surface area contributed by atoms with Crippen LogP contribution in [0.2, 0.25) is 0 Å². The first kappa shape index (κ1) is 18.2. The molecule has 25 heavy (non-hydrogen) atoms. The number of hydrogen-bond donors (Lipinski definition) is 4. The summed E-state index contributed by atoms with van der Waals surface area (Å²) in [5, 5.41) is 1.40. The molecule has 0 aromatic heterocycles. The number of anilines is 1. The van der Waals surface area contributed by atoms with Crippen LogP contribution in [-0.2, 0) is 0 Å². The number of hydrazine groups is 2. The van der Waals surface area contributed by atoms with Crippen molar-refractivity contribution >= 4 is 28.3 Å². The van der Waals surface area contributed by atoms with E-state index in [0.29, 0.717) is 18.5 Å². The van der Waals surface area contributed by atoms with Gasteiger partial charge in [-0.2, -0.15) is 0 Å². The van der Waals surface area contributed by atoms with E-state index in [0.717, 1.165) is 11.1 Å². The van der Waals surface area contributed by atoms with Gasteiger partial charge < -0.3 is 4.90 Å². The molecule has 0 aliphatic carbocycles. The van der Waals surface area contributed by atoms with Crippen molar-refractivity contribution in [1.29, 1.82) is 0 Å². The first-order valence-electron chi connectivity index (χ1n) is 7.62. The lowest BCUT2D eigenvalue weighted by Gasteiger charge is -2.22. The number of rotatable bonds is 7. The minimum atomic E-state index is -0.569. The van der Waals surface area contributed by atoms with Crippen molar-refractivity contribution < 1.29 is 9.59 Å². The van der Waals surface area contributed by atoms with Crippen LogP contribution in [0.4, 0.5) is 5.69 Å². The van der Waals surface area contributed by atoms with Gasteiger partial charge in [0.15, 0.2) is 0 Å². The molecule has 7 heteroatoms. The normalized spacial score (nSPS) is 10.2. The number of nitrogens with zero attached hydrogens (tertiary/aromatic N) is 1. The highest BCUT2D eigenvalue weighted by atomic mass is 16.2. The maximum absolute atomic E-state index is 12.3. The zero-order valence-corrected chi connectivity index (χ0v) is 13.8. The molecule has 0 spiro atoms. The number of nitrogen functional groups attached to an aromatic ring is 2. The van der Waals surface area contributed by atoms with Crippen LogP contribution in [0.25, 0.3) is 10.8 Å². The van der Waals surface area contributed by atoms with Gasteiger partial charge in [-0.15, -0.1) is 13.2 Å². The zero-order chi connectivity index (χ0) is 18.4. The van der Waals surface area contributed by atoms with E-state index in [-0.39, 0.29) is 11.1 Å². The second-order valence-electron chi connectivity index (χ2n) is 5.32. The standard InChI is InChI=1S/C18H21N5O2/c1-3-9-23(10-4-2)13-7-5-12-6-8-14(17(24)21-19)16(15(12)11-13)18(25)22-20/h3-8,11H,1-2,9-10,19-20H2,(H,21,24)(H,22,25). The maximum Gasteiger partial charge on any atom is 0.266 e. The van der Waals surface area contributed by atoms with Crippen molar-refractivity contribution in [3.63, 3.8) is 0 Å². The van der Waals surface area contributed by atoms with Crippen LogP contribution in [0.15, 0.2) is 55.6 Å².